The molecule has 0 aliphatic heterocycles. The first-order chi connectivity index (χ1) is 19.0. The van der Waals surface area contributed by atoms with Crippen molar-refractivity contribution in [1.29, 1.82) is 0 Å². The average Bonchev–Trinajstić information content (AvgIpc) is 3.23. The van der Waals surface area contributed by atoms with Crippen molar-refractivity contribution in [2.75, 3.05) is 7.11 Å². The van der Waals surface area contributed by atoms with Gasteiger partial charge in [0, 0.05) is 37.0 Å². The number of aromatic nitrogens is 7. The first kappa shape index (κ1) is 25.8. The van der Waals surface area contributed by atoms with Crippen molar-refractivity contribution >= 4 is 11.0 Å². The number of imidazole rings is 1. The quantitative estimate of drug-likeness (QED) is 0.281. The molecule has 1 fully saturated rings. The van der Waals surface area contributed by atoms with Crippen molar-refractivity contribution in [3.05, 3.63) is 71.7 Å². The Labute approximate surface area is 222 Å². The van der Waals surface area contributed by atoms with E-state index in [4.69, 9.17) is 4.74 Å². The van der Waals surface area contributed by atoms with Crippen molar-refractivity contribution in [1.82, 2.24) is 34.5 Å². The van der Waals surface area contributed by atoms with Gasteiger partial charge in [0.2, 0.25) is 5.88 Å². The summed E-state index contributed by atoms with van der Waals surface area (Å²) in [5.74, 6) is -3.79. The molecule has 4 aromatic heterocycles. The molecule has 1 aliphatic rings. The summed E-state index contributed by atoms with van der Waals surface area (Å²) in [6.45, 7) is 0. The minimum absolute atomic E-state index is 0.0447. The number of hydrogen-bond donors (Lipinski definition) is 2. The number of nitrogens with one attached hydrogen (secondary N) is 1. The summed E-state index contributed by atoms with van der Waals surface area (Å²) in [4.78, 5) is 23.6. The first-order valence-electron chi connectivity index (χ1n) is 12.0. The van der Waals surface area contributed by atoms with Crippen LogP contribution < -0.4 is 4.74 Å². The van der Waals surface area contributed by atoms with Crippen molar-refractivity contribution in [3.63, 3.8) is 0 Å². The van der Waals surface area contributed by atoms with Crippen LogP contribution in [0.3, 0.4) is 0 Å². The maximum Gasteiger partial charge on any atom is 0.434 e. The van der Waals surface area contributed by atoms with E-state index in [1.165, 1.54) is 24.9 Å². The Morgan fingerprint density at radius 2 is 1.85 bits per heavy atom. The van der Waals surface area contributed by atoms with Crippen LogP contribution in [-0.2, 0) is 13.2 Å². The van der Waals surface area contributed by atoms with E-state index in [0.717, 1.165) is 12.5 Å². The Bertz CT molecular complexity index is 1730. The zero-order valence-electron chi connectivity index (χ0n) is 20.9. The SMILES string of the molecule is COc1ncnc(C2CC2(F)F)c1-c1ncc2[nH]cc(C(O)c3ccc(-c4nc(C(F)(F)F)cn4C)cc3)c2n1. The van der Waals surface area contributed by atoms with Crippen LogP contribution in [0.25, 0.3) is 33.8 Å². The highest BCUT2D eigenvalue weighted by Gasteiger charge is 2.59. The fraction of sp³-hybridized carbons (Fsp3) is 0.269. The van der Waals surface area contributed by atoms with Gasteiger partial charge in [-0.25, -0.2) is 33.7 Å². The molecular formula is C26H20F5N7O2. The van der Waals surface area contributed by atoms with Gasteiger partial charge in [-0.15, -0.1) is 0 Å². The van der Waals surface area contributed by atoms with E-state index in [2.05, 4.69) is 29.9 Å². The number of benzene rings is 1. The van der Waals surface area contributed by atoms with Crippen molar-refractivity contribution < 1.29 is 31.8 Å². The molecular weight excluding hydrogens is 537 g/mol. The number of halogens is 5. The minimum atomic E-state index is -4.57. The van der Waals surface area contributed by atoms with Crippen LogP contribution in [0.4, 0.5) is 22.0 Å². The van der Waals surface area contributed by atoms with Gasteiger partial charge in [0.1, 0.15) is 23.8 Å². The molecule has 6 rings (SSSR count). The molecule has 1 saturated carbocycles. The predicted octanol–water partition coefficient (Wildman–Crippen LogP) is 5.05. The summed E-state index contributed by atoms with van der Waals surface area (Å²) in [5, 5.41) is 11.2. The van der Waals surface area contributed by atoms with Crippen LogP contribution in [0.2, 0.25) is 0 Å². The second-order valence-electron chi connectivity index (χ2n) is 9.44. The van der Waals surface area contributed by atoms with Crippen molar-refractivity contribution in [3.8, 4) is 28.7 Å². The Kier molecular flexibility index (Phi) is 5.83. The highest BCUT2D eigenvalue weighted by atomic mass is 19.4. The number of aryl methyl sites for hydroxylation is 1. The van der Waals surface area contributed by atoms with E-state index < -0.39 is 29.8 Å². The number of alkyl halides is 5. The lowest BCUT2D eigenvalue weighted by molar-refractivity contribution is -0.140. The fourth-order valence-electron chi connectivity index (χ4n) is 4.65. The van der Waals surface area contributed by atoms with Gasteiger partial charge in [0.15, 0.2) is 11.5 Å². The molecule has 9 nitrogen and oxygen atoms in total. The molecule has 1 aromatic carbocycles. The zero-order valence-corrected chi connectivity index (χ0v) is 20.9. The number of aliphatic hydroxyl groups excluding tert-OH is 1. The Morgan fingerprint density at radius 3 is 2.48 bits per heavy atom. The molecule has 4 heterocycles. The van der Waals surface area contributed by atoms with Gasteiger partial charge in [0.25, 0.3) is 5.92 Å². The van der Waals surface area contributed by atoms with Crippen LogP contribution in [0.5, 0.6) is 5.88 Å². The highest BCUT2D eigenvalue weighted by molar-refractivity contribution is 5.82. The van der Waals surface area contributed by atoms with E-state index in [0.29, 0.717) is 27.7 Å². The van der Waals surface area contributed by atoms with E-state index in [1.807, 2.05) is 0 Å². The molecule has 2 unspecified atom stereocenters. The normalized spacial score (nSPS) is 17.2. The van der Waals surface area contributed by atoms with Gasteiger partial charge < -0.3 is 19.4 Å². The molecule has 0 spiro atoms. The number of H-pyrrole nitrogens is 1. The van der Waals surface area contributed by atoms with E-state index in [-0.39, 0.29) is 35.2 Å². The highest BCUT2D eigenvalue weighted by Crippen LogP contribution is 2.57. The van der Waals surface area contributed by atoms with Gasteiger partial charge in [-0.2, -0.15) is 13.2 Å². The molecule has 2 N–H and O–H groups in total. The van der Waals surface area contributed by atoms with Crippen molar-refractivity contribution in [2.24, 2.45) is 7.05 Å². The maximum absolute atomic E-state index is 14.0. The topological polar surface area (TPSA) is 115 Å². The molecule has 14 heteroatoms. The number of rotatable bonds is 6. The number of aliphatic hydroxyl groups is 1. The molecule has 206 valence electrons. The fourth-order valence-corrected chi connectivity index (χ4v) is 4.65. The maximum atomic E-state index is 14.0. The van der Waals surface area contributed by atoms with Gasteiger partial charge in [-0.1, -0.05) is 24.3 Å². The van der Waals surface area contributed by atoms with Gasteiger partial charge in [-0.3, -0.25) is 0 Å². The average molecular weight is 557 g/mol. The molecule has 1 aliphatic carbocycles. The largest absolute Gasteiger partial charge is 0.480 e. The number of methoxy groups -OCH3 is 1. The first-order valence-corrected chi connectivity index (χ1v) is 12.0. The van der Waals surface area contributed by atoms with Crippen molar-refractivity contribution in [2.45, 2.75) is 30.5 Å². The molecule has 0 amide bonds. The standard InChI is InChI=1S/C26H20F5N7O2/c1-38-10-17(26(29,30)31)36-23(38)13-5-3-12(4-6-13)21(39)14-8-32-16-9-33-22(37-19(14)16)18-20(15-7-25(15,27)28)34-11-35-24(18)40-2/h3-6,8-11,15,21,32,39H,7H2,1-2H3. The second-order valence-corrected chi connectivity index (χ2v) is 9.44. The van der Waals surface area contributed by atoms with E-state index in [9.17, 15) is 27.1 Å². The molecule has 0 bridgehead atoms. The number of fused-ring (bicyclic) bond motifs is 1. The number of ether oxygens (including phenoxy) is 1. The molecule has 0 saturated heterocycles. The van der Waals surface area contributed by atoms with Gasteiger partial charge in [-0.05, 0) is 5.56 Å². The third-order valence-corrected chi connectivity index (χ3v) is 6.81. The summed E-state index contributed by atoms with van der Waals surface area (Å²) < 4.78 is 73.7. The Balaban J connectivity index is 1.35. The molecule has 40 heavy (non-hydrogen) atoms. The van der Waals surface area contributed by atoms with Crippen LogP contribution in [-0.4, -0.2) is 52.6 Å². The molecule has 5 aromatic rings. The lowest BCUT2D eigenvalue weighted by Gasteiger charge is -2.13. The predicted molar refractivity (Wildman–Crippen MR) is 131 cm³/mol. The number of hydrogen-bond acceptors (Lipinski definition) is 7. The van der Waals surface area contributed by atoms with Crippen LogP contribution in [0.15, 0.2) is 49.2 Å². The summed E-state index contributed by atoms with van der Waals surface area (Å²) in [6, 6.07) is 6.27. The zero-order chi connectivity index (χ0) is 28.4. The summed E-state index contributed by atoms with van der Waals surface area (Å²) in [5.41, 5.74) is 1.28. The smallest absolute Gasteiger partial charge is 0.434 e. The number of nitrogens with zero attached hydrogens (tertiary/aromatic N) is 6. The lowest BCUT2D eigenvalue weighted by atomic mass is 10.0. The Hall–Kier alpha value is -4.46. The van der Waals surface area contributed by atoms with Crippen LogP contribution in [0, 0.1) is 0 Å². The van der Waals surface area contributed by atoms with Crippen LogP contribution in [0.1, 0.15) is 41.0 Å². The monoisotopic (exact) mass is 557 g/mol. The van der Waals surface area contributed by atoms with E-state index in [1.54, 1.807) is 30.5 Å². The third-order valence-electron chi connectivity index (χ3n) is 6.81. The number of aromatic amines is 1. The Morgan fingerprint density at radius 1 is 1.12 bits per heavy atom. The third kappa shape index (κ3) is 4.33. The summed E-state index contributed by atoms with van der Waals surface area (Å²) >= 11 is 0. The second kappa shape index (κ2) is 9.05. The minimum Gasteiger partial charge on any atom is -0.480 e. The summed E-state index contributed by atoms with van der Waals surface area (Å²) in [6.07, 6.45) is -1.06. The van der Waals surface area contributed by atoms with Gasteiger partial charge in [0.05, 0.1) is 36.0 Å². The van der Waals surface area contributed by atoms with Crippen LogP contribution >= 0.6 is 0 Å². The van der Waals surface area contributed by atoms with Gasteiger partial charge >= 0.3 is 6.18 Å². The molecule has 2 atom stereocenters. The lowest BCUT2D eigenvalue weighted by Crippen LogP contribution is -2.05. The summed E-state index contributed by atoms with van der Waals surface area (Å²) in [7, 11) is 2.81. The molecule has 0 radical (unpaired) electrons. The van der Waals surface area contributed by atoms with E-state index >= 15 is 0 Å².